The molecule has 118 valence electrons. The number of rotatable bonds is 6. The molecule has 2 aromatic rings. The third-order valence-corrected chi connectivity index (χ3v) is 3.37. The van der Waals surface area contributed by atoms with Gasteiger partial charge in [0.25, 0.3) is 0 Å². The van der Waals surface area contributed by atoms with Gasteiger partial charge >= 0.3 is 5.97 Å². The van der Waals surface area contributed by atoms with E-state index in [-0.39, 0.29) is 12.4 Å². The van der Waals surface area contributed by atoms with E-state index < -0.39 is 0 Å². The van der Waals surface area contributed by atoms with Gasteiger partial charge in [-0.15, -0.1) is 0 Å². The summed E-state index contributed by atoms with van der Waals surface area (Å²) < 4.78 is 10.8. The lowest BCUT2D eigenvalue weighted by Gasteiger charge is -2.09. The molecule has 0 aliphatic heterocycles. The first-order chi connectivity index (χ1) is 11.1. The Kier molecular flexibility index (Phi) is 6.02. The summed E-state index contributed by atoms with van der Waals surface area (Å²) in [7, 11) is 0. The van der Waals surface area contributed by atoms with Crippen LogP contribution in [0.3, 0.4) is 0 Å². The molecule has 0 aliphatic rings. The number of nitrogens with zero attached hydrogens (tertiary/aromatic N) is 1. The van der Waals surface area contributed by atoms with Gasteiger partial charge in [-0.3, -0.25) is 4.79 Å². The summed E-state index contributed by atoms with van der Waals surface area (Å²) in [4.78, 5) is 11.7. The third kappa shape index (κ3) is 5.32. The second-order valence-electron chi connectivity index (χ2n) is 4.97. The summed E-state index contributed by atoms with van der Waals surface area (Å²) >= 11 is 5.88. The Bertz CT molecular complexity index is 720. The molecule has 0 saturated heterocycles. The van der Waals surface area contributed by atoms with Crippen LogP contribution in [0.15, 0.2) is 42.5 Å². The first kappa shape index (κ1) is 16.9. The van der Waals surface area contributed by atoms with Crippen molar-refractivity contribution in [2.75, 3.05) is 6.61 Å². The van der Waals surface area contributed by atoms with Crippen LogP contribution in [0, 0.1) is 18.3 Å². The van der Waals surface area contributed by atoms with Gasteiger partial charge in [0, 0.05) is 11.4 Å². The molecule has 0 aliphatic carbocycles. The monoisotopic (exact) mass is 329 g/mol. The number of nitriles is 1. The van der Waals surface area contributed by atoms with E-state index in [1.165, 1.54) is 0 Å². The fourth-order valence-corrected chi connectivity index (χ4v) is 2.18. The van der Waals surface area contributed by atoms with Crippen molar-refractivity contribution in [2.45, 2.75) is 19.8 Å². The number of hydrogen-bond acceptors (Lipinski definition) is 4. The average molecular weight is 330 g/mol. The van der Waals surface area contributed by atoms with E-state index in [2.05, 4.69) is 0 Å². The molecule has 0 heterocycles. The number of carbonyl (C=O) groups excluding carboxylic acids is 1. The van der Waals surface area contributed by atoms with Crippen molar-refractivity contribution in [3.63, 3.8) is 0 Å². The summed E-state index contributed by atoms with van der Waals surface area (Å²) in [6.07, 6.45) is 0.809. The molecule has 0 N–H and O–H groups in total. The van der Waals surface area contributed by atoms with Crippen molar-refractivity contribution >= 4 is 17.6 Å². The van der Waals surface area contributed by atoms with E-state index in [4.69, 9.17) is 26.3 Å². The Hall–Kier alpha value is -2.51. The summed E-state index contributed by atoms with van der Waals surface area (Å²) in [5.41, 5.74) is 1.48. The zero-order valence-corrected chi connectivity index (χ0v) is 13.5. The molecule has 0 atom stereocenters. The number of hydrogen-bond donors (Lipinski definition) is 0. The number of halogens is 1. The molecule has 4 nitrogen and oxygen atoms in total. The average Bonchev–Trinajstić information content (AvgIpc) is 2.54. The van der Waals surface area contributed by atoms with E-state index in [1.807, 2.05) is 25.1 Å². The zero-order chi connectivity index (χ0) is 16.7. The molecule has 0 saturated carbocycles. The largest absolute Gasteiger partial charge is 0.493 e. The van der Waals surface area contributed by atoms with Crippen molar-refractivity contribution in [3.05, 3.63) is 58.6 Å². The molecule has 5 heteroatoms. The topological polar surface area (TPSA) is 59.3 Å². The van der Waals surface area contributed by atoms with Crippen LogP contribution >= 0.6 is 11.6 Å². The Morgan fingerprint density at radius 2 is 1.96 bits per heavy atom. The number of esters is 1. The first-order valence-electron chi connectivity index (χ1n) is 7.18. The summed E-state index contributed by atoms with van der Waals surface area (Å²) in [6, 6.07) is 13.8. The maximum absolute atomic E-state index is 11.7. The van der Waals surface area contributed by atoms with Crippen LogP contribution in [0.25, 0.3) is 0 Å². The van der Waals surface area contributed by atoms with Crippen molar-refractivity contribution in [1.82, 2.24) is 0 Å². The molecular formula is C18H16ClNO3. The lowest BCUT2D eigenvalue weighted by Crippen LogP contribution is -2.10. The van der Waals surface area contributed by atoms with Crippen LogP contribution in [0.1, 0.15) is 24.0 Å². The fraction of sp³-hybridized carbons (Fsp3) is 0.222. The molecule has 2 aromatic carbocycles. The van der Waals surface area contributed by atoms with Gasteiger partial charge in [0.2, 0.25) is 0 Å². The highest BCUT2D eigenvalue weighted by Gasteiger charge is 2.06. The van der Waals surface area contributed by atoms with Crippen molar-refractivity contribution in [2.24, 2.45) is 0 Å². The highest BCUT2D eigenvalue weighted by Crippen LogP contribution is 2.22. The van der Waals surface area contributed by atoms with E-state index in [1.54, 1.807) is 30.3 Å². The van der Waals surface area contributed by atoms with E-state index in [0.29, 0.717) is 29.4 Å². The molecule has 0 fully saturated rings. The quantitative estimate of drug-likeness (QED) is 0.451. The summed E-state index contributed by atoms with van der Waals surface area (Å²) in [6.45, 7) is 2.34. The van der Waals surface area contributed by atoms with Gasteiger partial charge in [0.1, 0.15) is 11.5 Å². The minimum atomic E-state index is -0.328. The maximum atomic E-state index is 11.7. The molecule has 0 radical (unpaired) electrons. The summed E-state index contributed by atoms with van der Waals surface area (Å²) in [5, 5.41) is 9.37. The Balaban J connectivity index is 1.73. The molecule has 0 amide bonds. The van der Waals surface area contributed by atoms with Crippen LogP contribution in [0.5, 0.6) is 11.5 Å². The predicted octanol–water partition coefficient (Wildman–Crippen LogP) is 4.28. The predicted molar refractivity (Wildman–Crippen MR) is 87.7 cm³/mol. The normalized spacial score (nSPS) is 9.96. The van der Waals surface area contributed by atoms with E-state index in [9.17, 15) is 4.79 Å². The van der Waals surface area contributed by atoms with Gasteiger partial charge < -0.3 is 9.47 Å². The van der Waals surface area contributed by atoms with Gasteiger partial charge in [0.15, 0.2) is 0 Å². The van der Waals surface area contributed by atoms with Crippen LogP contribution in [-0.4, -0.2) is 12.6 Å². The number of carbonyl (C=O) groups is 1. The third-order valence-electron chi connectivity index (χ3n) is 3.13. The molecule has 2 rings (SSSR count). The fourth-order valence-electron chi connectivity index (χ4n) is 1.95. The minimum Gasteiger partial charge on any atom is -0.493 e. The molecule has 0 spiro atoms. The lowest BCUT2D eigenvalue weighted by molar-refractivity contribution is -0.134. The van der Waals surface area contributed by atoms with E-state index >= 15 is 0 Å². The standard InChI is InChI=1S/C18H16ClNO3/c1-13-11-15(19)6-9-17(13)22-10-2-3-18(21)23-16-7-4-14(12-20)5-8-16/h4-9,11H,2-3,10H2,1H3. The van der Waals surface area contributed by atoms with Gasteiger partial charge in [0.05, 0.1) is 18.2 Å². The summed E-state index contributed by atoms with van der Waals surface area (Å²) in [5.74, 6) is 0.865. The number of benzene rings is 2. The maximum Gasteiger partial charge on any atom is 0.311 e. The first-order valence-corrected chi connectivity index (χ1v) is 7.56. The van der Waals surface area contributed by atoms with Crippen LogP contribution in [-0.2, 0) is 4.79 Å². The lowest BCUT2D eigenvalue weighted by atomic mass is 10.2. The second-order valence-corrected chi connectivity index (χ2v) is 5.41. The Labute approximate surface area is 140 Å². The Morgan fingerprint density at radius 3 is 2.61 bits per heavy atom. The highest BCUT2D eigenvalue weighted by atomic mass is 35.5. The smallest absolute Gasteiger partial charge is 0.311 e. The van der Waals surface area contributed by atoms with Crippen LogP contribution in [0.4, 0.5) is 0 Å². The van der Waals surface area contributed by atoms with E-state index in [0.717, 1.165) is 11.3 Å². The number of aryl methyl sites for hydroxylation is 1. The highest BCUT2D eigenvalue weighted by molar-refractivity contribution is 6.30. The van der Waals surface area contributed by atoms with Crippen molar-refractivity contribution in [3.8, 4) is 17.6 Å². The second kappa shape index (κ2) is 8.21. The zero-order valence-electron chi connectivity index (χ0n) is 12.7. The van der Waals surface area contributed by atoms with Crippen LogP contribution < -0.4 is 9.47 Å². The van der Waals surface area contributed by atoms with Gasteiger partial charge in [-0.2, -0.15) is 5.26 Å². The Morgan fingerprint density at radius 1 is 1.22 bits per heavy atom. The molecule has 0 aromatic heterocycles. The molecule has 23 heavy (non-hydrogen) atoms. The minimum absolute atomic E-state index is 0.257. The van der Waals surface area contributed by atoms with Gasteiger partial charge in [-0.1, -0.05) is 11.6 Å². The van der Waals surface area contributed by atoms with Gasteiger partial charge in [-0.05, 0) is 61.4 Å². The molecule has 0 bridgehead atoms. The number of ether oxygens (including phenoxy) is 2. The molecule has 0 unspecified atom stereocenters. The van der Waals surface area contributed by atoms with Crippen molar-refractivity contribution in [1.29, 1.82) is 5.26 Å². The van der Waals surface area contributed by atoms with Gasteiger partial charge in [-0.25, -0.2) is 0 Å². The van der Waals surface area contributed by atoms with Crippen LogP contribution in [0.2, 0.25) is 5.02 Å². The molecular weight excluding hydrogens is 314 g/mol. The van der Waals surface area contributed by atoms with Crippen molar-refractivity contribution < 1.29 is 14.3 Å². The SMILES string of the molecule is Cc1cc(Cl)ccc1OCCCC(=O)Oc1ccc(C#N)cc1.